The quantitative estimate of drug-likeness (QED) is 0.823. The number of ether oxygens (including phenoxy) is 1. The Hall–Kier alpha value is -2.57. The fourth-order valence-electron chi connectivity index (χ4n) is 4.49. The van der Waals surface area contributed by atoms with Gasteiger partial charge in [-0.25, -0.2) is 0 Å². The predicted molar refractivity (Wildman–Crippen MR) is 114 cm³/mol. The summed E-state index contributed by atoms with van der Waals surface area (Å²) in [5, 5.41) is 2.96. The SMILES string of the molecule is CC1CCCC(C)N1C(=O)CN1C(=O)C(C)(C)Oc2ccc(C(=O)NC3CC3)cc21. The average molecular weight is 414 g/mol. The molecule has 2 atom stereocenters. The first-order valence-electron chi connectivity index (χ1n) is 10.9. The second-order valence-corrected chi connectivity index (χ2v) is 9.36. The van der Waals surface area contributed by atoms with E-state index < -0.39 is 5.60 Å². The summed E-state index contributed by atoms with van der Waals surface area (Å²) in [6, 6.07) is 5.63. The van der Waals surface area contributed by atoms with Gasteiger partial charge in [0.1, 0.15) is 12.3 Å². The van der Waals surface area contributed by atoms with Crippen LogP contribution in [-0.4, -0.2) is 52.9 Å². The second kappa shape index (κ2) is 7.60. The molecule has 2 aliphatic heterocycles. The van der Waals surface area contributed by atoms with E-state index in [1.54, 1.807) is 32.0 Å². The van der Waals surface area contributed by atoms with Crippen molar-refractivity contribution in [2.45, 2.75) is 83.5 Å². The molecule has 30 heavy (non-hydrogen) atoms. The van der Waals surface area contributed by atoms with Crippen molar-refractivity contribution in [2.75, 3.05) is 11.4 Å². The van der Waals surface area contributed by atoms with Gasteiger partial charge in [-0.3, -0.25) is 19.3 Å². The van der Waals surface area contributed by atoms with E-state index in [0.717, 1.165) is 32.1 Å². The Morgan fingerprint density at radius 3 is 2.43 bits per heavy atom. The third-order valence-corrected chi connectivity index (χ3v) is 6.32. The maximum atomic E-state index is 13.2. The number of carbonyl (C=O) groups excluding carboxylic acids is 3. The largest absolute Gasteiger partial charge is 0.476 e. The van der Waals surface area contributed by atoms with Crippen LogP contribution in [0, 0.1) is 0 Å². The van der Waals surface area contributed by atoms with E-state index in [2.05, 4.69) is 19.2 Å². The lowest BCUT2D eigenvalue weighted by atomic mass is 9.97. The maximum Gasteiger partial charge on any atom is 0.271 e. The van der Waals surface area contributed by atoms with Crippen LogP contribution < -0.4 is 15.0 Å². The van der Waals surface area contributed by atoms with Crippen LogP contribution in [0.25, 0.3) is 0 Å². The number of rotatable bonds is 4. The molecule has 7 heteroatoms. The zero-order valence-corrected chi connectivity index (χ0v) is 18.2. The van der Waals surface area contributed by atoms with Gasteiger partial charge in [0.05, 0.1) is 5.69 Å². The molecule has 2 unspecified atom stereocenters. The van der Waals surface area contributed by atoms with E-state index in [0.29, 0.717) is 17.0 Å². The second-order valence-electron chi connectivity index (χ2n) is 9.36. The van der Waals surface area contributed by atoms with Crippen molar-refractivity contribution in [1.82, 2.24) is 10.2 Å². The lowest BCUT2D eigenvalue weighted by Gasteiger charge is -2.42. The minimum atomic E-state index is -1.08. The van der Waals surface area contributed by atoms with E-state index in [1.807, 2.05) is 4.90 Å². The number of fused-ring (bicyclic) bond motifs is 1. The Labute approximate surface area is 177 Å². The first kappa shape index (κ1) is 20.7. The molecule has 2 fully saturated rings. The van der Waals surface area contributed by atoms with Gasteiger partial charge < -0.3 is 15.0 Å². The molecule has 0 bridgehead atoms. The summed E-state index contributed by atoms with van der Waals surface area (Å²) in [4.78, 5) is 42.3. The molecule has 162 valence electrons. The van der Waals surface area contributed by atoms with Crippen LogP contribution in [0.2, 0.25) is 0 Å². The molecule has 4 rings (SSSR count). The maximum absolute atomic E-state index is 13.2. The number of anilines is 1. The Morgan fingerprint density at radius 2 is 1.80 bits per heavy atom. The number of nitrogens with zero attached hydrogens (tertiary/aromatic N) is 2. The monoisotopic (exact) mass is 413 g/mol. The molecule has 1 saturated carbocycles. The minimum absolute atomic E-state index is 0.0546. The molecule has 0 spiro atoms. The number of hydrogen-bond donors (Lipinski definition) is 1. The third-order valence-electron chi connectivity index (χ3n) is 6.32. The highest BCUT2D eigenvalue weighted by atomic mass is 16.5. The zero-order valence-electron chi connectivity index (χ0n) is 18.2. The number of benzene rings is 1. The van der Waals surface area contributed by atoms with Crippen molar-refractivity contribution in [1.29, 1.82) is 0 Å². The number of carbonyl (C=O) groups is 3. The first-order valence-corrected chi connectivity index (χ1v) is 10.9. The van der Waals surface area contributed by atoms with Gasteiger partial charge in [0.25, 0.3) is 11.8 Å². The summed E-state index contributed by atoms with van der Waals surface area (Å²) in [6.07, 6.45) is 5.05. The molecule has 3 aliphatic rings. The molecule has 1 N–H and O–H groups in total. The van der Waals surface area contributed by atoms with Gasteiger partial charge in [-0.1, -0.05) is 0 Å². The van der Waals surface area contributed by atoms with Crippen molar-refractivity contribution in [3.05, 3.63) is 23.8 Å². The van der Waals surface area contributed by atoms with Crippen LogP contribution in [0.4, 0.5) is 5.69 Å². The first-order chi connectivity index (χ1) is 14.2. The van der Waals surface area contributed by atoms with Crippen molar-refractivity contribution in [3.8, 4) is 5.75 Å². The Balaban J connectivity index is 1.63. The van der Waals surface area contributed by atoms with Crippen molar-refractivity contribution < 1.29 is 19.1 Å². The lowest BCUT2D eigenvalue weighted by molar-refractivity contribution is -0.139. The van der Waals surface area contributed by atoms with Gasteiger partial charge in [-0.05, 0) is 78.0 Å². The molecule has 3 amide bonds. The summed E-state index contributed by atoms with van der Waals surface area (Å²) in [7, 11) is 0. The molecule has 2 heterocycles. The van der Waals surface area contributed by atoms with Gasteiger partial charge >= 0.3 is 0 Å². The highest BCUT2D eigenvalue weighted by molar-refractivity contribution is 6.07. The van der Waals surface area contributed by atoms with Crippen molar-refractivity contribution in [2.24, 2.45) is 0 Å². The molecule has 1 aromatic carbocycles. The minimum Gasteiger partial charge on any atom is -0.476 e. The standard InChI is InChI=1S/C23H31N3O4/c1-14-6-5-7-15(2)26(14)20(27)13-25-18-12-16(21(28)24-17-9-10-17)8-11-19(18)30-23(3,4)22(25)29/h8,11-12,14-15,17H,5-7,9-10,13H2,1-4H3,(H,24,28). The summed E-state index contributed by atoms with van der Waals surface area (Å²) in [5.74, 6) is -0.00259. The van der Waals surface area contributed by atoms with Crippen molar-refractivity contribution in [3.63, 3.8) is 0 Å². The summed E-state index contributed by atoms with van der Waals surface area (Å²) >= 11 is 0. The van der Waals surface area contributed by atoms with E-state index in [9.17, 15) is 14.4 Å². The lowest BCUT2D eigenvalue weighted by Crippen LogP contribution is -2.57. The average Bonchev–Trinajstić information content (AvgIpc) is 3.48. The Bertz CT molecular complexity index is 867. The zero-order chi connectivity index (χ0) is 21.6. The fraction of sp³-hybridized carbons (Fsp3) is 0.609. The van der Waals surface area contributed by atoms with Gasteiger partial charge in [-0.2, -0.15) is 0 Å². The predicted octanol–water partition coefficient (Wildman–Crippen LogP) is 2.87. The van der Waals surface area contributed by atoms with Crippen LogP contribution in [0.3, 0.4) is 0 Å². The van der Waals surface area contributed by atoms with Crippen LogP contribution >= 0.6 is 0 Å². The van der Waals surface area contributed by atoms with Crippen LogP contribution in [-0.2, 0) is 9.59 Å². The number of hydrogen-bond acceptors (Lipinski definition) is 4. The Morgan fingerprint density at radius 1 is 1.13 bits per heavy atom. The van der Waals surface area contributed by atoms with Gasteiger partial charge in [0.15, 0.2) is 5.60 Å². The molecule has 0 aromatic heterocycles. The molecule has 1 aliphatic carbocycles. The van der Waals surface area contributed by atoms with Crippen LogP contribution in [0.15, 0.2) is 18.2 Å². The number of nitrogens with one attached hydrogen (secondary N) is 1. The highest BCUT2D eigenvalue weighted by Gasteiger charge is 2.43. The van der Waals surface area contributed by atoms with E-state index in [4.69, 9.17) is 4.74 Å². The smallest absolute Gasteiger partial charge is 0.271 e. The normalized spacial score (nSPS) is 25.4. The highest BCUT2D eigenvalue weighted by Crippen LogP contribution is 2.39. The Kier molecular flexibility index (Phi) is 5.24. The molecule has 1 saturated heterocycles. The third kappa shape index (κ3) is 3.89. The number of amides is 3. The molecule has 0 radical (unpaired) electrons. The summed E-state index contributed by atoms with van der Waals surface area (Å²) in [5.41, 5.74) is -0.133. The molecule has 7 nitrogen and oxygen atoms in total. The fourth-order valence-corrected chi connectivity index (χ4v) is 4.49. The van der Waals surface area contributed by atoms with E-state index in [1.165, 1.54) is 4.90 Å². The van der Waals surface area contributed by atoms with E-state index >= 15 is 0 Å². The molecular formula is C23H31N3O4. The molecule has 1 aromatic rings. The van der Waals surface area contributed by atoms with Crippen LogP contribution in [0.1, 0.15) is 70.2 Å². The molecular weight excluding hydrogens is 382 g/mol. The number of piperidine rings is 1. The number of likely N-dealkylation sites (tertiary alicyclic amines) is 1. The topological polar surface area (TPSA) is 79.0 Å². The van der Waals surface area contributed by atoms with E-state index in [-0.39, 0.29) is 42.4 Å². The summed E-state index contributed by atoms with van der Waals surface area (Å²) < 4.78 is 5.91. The van der Waals surface area contributed by atoms with Crippen molar-refractivity contribution >= 4 is 23.4 Å². The van der Waals surface area contributed by atoms with Gasteiger partial charge in [0.2, 0.25) is 5.91 Å². The van der Waals surface area contributed by atoms with Gasteiger partial charge in [-0.15, -0.1) is 0 Å². The van der Waals surface area contributed by atoms with Gasteiger partial charge in [0, 0.05) is 23.7 Å². The van der Waals surface area contributed by atoms with Crippen LogP contribution in [0.5, 0.6) is 5.75 Å². The summed E-state index contributed by atoms with van der Waals surface area (Å²) in [6.45, 7) is 7.48.